The van der Waals surface area contributed by atoms with E-state index in [1.165, 1.54) is 7.11 Å². The Bertz CT molecular complexity index is 425. The molecule has 0 aliphatic heterocycles. The van der Waals surface area contributed by atoms with Gasteiger partial charge < -0.3 is 15.6 Å². The summed E-state index contributed by atoms with van der Waals surface area (Å²) >= 11 is 0. The SMILES string of the molecule is COc1c(C)cc(C(=O)C(C)N)c(O)c1C. The van der Waals surface area contributed by atoms with Crippen LogP contribution < -0.4 is 10.5 Å². The fraction of sp³-hybridized carbons (Fsp3) is 0.417. The normalized spacial score (nSPS) is 12.3. The van der Waals surface area contributed by atoms with Gasteiger partial charge >= 0.3 is 0 Å². The Kier molecular flexibility index (Phi) is 3.55. The Morgan fingerprint density at radius 2 is 2.06 bits per heavy atom. The van der Waals surface area contributed by atoms with Crippen molar-refractivity contribution in [3.63, 3.8) is 0 Å². The Balaban J connectivity index is 3.40. The number of methoxy groups -OCH3 is 1. The van der Waals surface area contributed by atoms with Crippen molar-refractivity contribution in [2.75, 3.05) is 7.11 Å². The molecule has 3 N–H and O–H groups in total. The summed E-state index contributed by atoms with van der Waals surface area (Å²) in [5.41, 5.74) is 7.14. The van der Waals surface area contributed by atoms with Crippen molar-refractivity contribution in [1.82, 2.24) is 0 Å². The molecule has 0 spiro atoms. The Morgan fingerprint density at radius 3 is 2.50 bits per heavy atom. The van der Waals surface area contributed by atoms with Crippen LogP contribution in [-0.4, -0.2) is 24.0 Å². The molecule has 0 bridgehead atoms. The van der Waals surface area contributed by atoms with E-state index in [1.54, 1.807) is 19.9 Å². The molecule has 0 aliphatic rings. The maximum atomic E-state index is 11.7. The molecule has 0 aliphatic carbocycles. The monoisotopic (exact) mass is 223 g/mol. The molecule has 1 unspecified atom stereocenters. The lowest BCUT2D eigenvalue weighted by molar-refractivity contribution is 0.0965. The van der Waals surface area contributed by atoms with E-state index < -0.39 is 6.04 Å². The van der Waals surface area contributed by atoms with E-state index in [1.807, 2.05) is 6.92 Å². The van der Waals surface area contributed by atoms with Crippen LogP contribution in [0.25, 0.3) is 0 Å². The molecule has 1 aromatic carbocycles. The highest BCUT2D eigenvalue weighted by atomic mass is 16.5. The zero-order chi connectivity index (χ0) is 12.5. The number of rotatable bonds is 3. The minimum atomic E-state index is -0.627. The van der Waals surface area contributed by atoms with Crippen LogP contribution in [0.3, 0.4) is 0 Å². The van der Waals surface area contributed by atoms with Gasteiger partial charge in [0.2, 0.25) is 0 Å². The second-order valence-electron chi connectivity index (χ2n) is 3.90. The smallest absolute Gasteiger partial charge is 0.182 e. The molecular formula is C12H17NO3. The number of hydrogen-bond donors (Lipinski definition) is 2. The number of hydrogen-bond acceptors (Lipinski definition) is 4. The Morgan fingerprint density at radius 1 is 1.50 bits per heavy atom. The van der Waals surface area contributed by atoms with Gasteiger partial charge in [-0.15, -0.1) is 0 Å². The average Bonchev–Trinajstić information content (AvgIpc) is 2.23. The highest BCUT2D eigenvalue weighted by Gasteiger charge is 2.20. The predicted octanol–water partition coefficient (Wildman–Crippen LogP) is 1.55. The molecule has 0 radical (unpaired) electrons. The van der Waals surface area contributed by atoms with Gasteiger partial charge in [0.25, 0.3) is 0 Å². The van der Waals surface area contributed by atoms with E-state index in [9.17, 15) is 9.90 Å². The van der Waals surface area contributed by atoms with E-state index >= 15 is 0 Å². The number of phenols is 1. The third kappa shape index (κ3) is 2.02. The number of phenolic OH excluding ortho intramolecular Hbond substituents is 1. The first-order chi connectivity index (χ1) is 7.40. The number of ketones is 1. The highest BCUT2D eigenvalue weighted by molar-refractivity contribution is 6.02. The molecule has 1 atom stereocenters. The zero-order valence-electron chi connectivity index (χ0n) is 10.00. The summed E-state index contributed by atoms with van der Waals surface area (Å²) in [5, 5.41) is 9.90. The van der Waals surface area contributed by atoms with Crippen LogP contribution in [0.5, 0.6) is 11.5 Å². The number of ether oxygens (including phenoxy) is 1. The summed E-state index contributed by atoms with van der Waals surface area (Å²) in [6, 6.07) is 0.977. The highest BCUT2D eigenvalue weighted by Crippen LogP contribution is 2.34. The summed E-state index contributed by atoms with van der Waals surface area (Å²) in [6.45, 7) is 5.12. The number of carbonyl (C=O) groups is 1. The first-order valence-electron chi connectivity index (χ1n) is 5.07. The number of aryl methyl sites for hydroxylation is 1. The van der Waals surface area contributed by atoms with Gasteiger partial charge in [0, 0.05) is 5.56 Å². The lowest BCUT2D eigenvalue weighted by Crippen LogP contribution is -2.26. The molecule has 4 heteroatoms. The van der Waals surface area contributed by atoms with Crippen LogP contribution in [0.15, 0.2) is 6.07 Å². The van der Waals surface area contributed by atoms with Gasteiger partial charge in [0.05, 0.1) is 18.7 Å². The molecule has 1 aromatic rings. The summed E-state index contributed by atoms with van der Waals surface area (Å²) < 4.78 is 5.15. The van der Waals surface area contributed by atoms with Crippen LogP contribution in [0.4, 0.5) is 0 Å². The maximum absolute atomic E-state index is 11.7. The van der Waals surface area contributed by atoms with E-state index in [0.717, 1.165) is 5.56 Å². The molecule has 1 rings (SSSR count). The van der Waals surface area contributed by atoms with Gasteiger partial charge in [-0.05, 0) is 32.4 Å². The van der Waals surface area contributed by atoms with E-state index in [4.69, 9.17) is 10.5 Å². The summed E-state index contributed by atoms with van der Waals surface area (Å²) in [4.78, 5) is 11.7. The molecule has 4 nitrogen and oxygen atoms in total. The molecule has 0 saturated carbocycles. The molecule has 16 heavy (non-hydrogen) atoms. The second kappa shape index (κ2) is 4.53. The predicted molar refractivity (Wildman–Crippen MR) is 62.1 cm³/mol. The third-order valence-corrected chi connectivity index (χ3v) is 2.55. The molecule has 0 aromatic heterocycles. The number of aromatic hydroxyl groups is 1. The topological polar surface area (TPSA) is 72.5 Å². The molecule has 88 valence electrons. The lowest BCUT2D eigenvalue weighted by Gasteiger charge is -2.14. The quantitative estimate of drug-likeness (QED) is 0.762. The average molecular weight is 223 g/mol. The molecule has 0 saturated heterocycles. The summed E-state index contributed by atoms with van der Waals surface area (Å²) in [6.07, 6.45) is 0. The zero-order valence-corrected chi connectivity index (χ0v) is 10.00. The van der Waals surface area contributed by atoms with E-state index in [-0.39, 0.29) is 17.1 Å². The first kappa shape index (κ1) is 12.5. The third-order valence-electron chi connectivity index (χ3n) is 2.55. The van der Waals surface area contributed by atoms with Crippen LogP contribution in [0, 0.1) is 13.8 Å². The van der Waals surface area contributed by atoms with Crippen molar-refractivity contribution in [2.24, 2.45) is 5.73 Å². The van der Waals surface area contributed by atoms with Crippen LogP contribution in [-0.2, 0) is 0 Å². The molecular weight excluding hydrogens is 206 g/mol. The van der Waals surface area contributed by atoms with Crippen molar-refractivity contribution in [3.05, 3.63) is 22.8 Å². The van der Waals surface area contributed by atoms with Crippen molar-refractivity contribution in [3.8, 4) is 11.5 Å². The number of carbonyl (C=O) groups excluding carboxylic acids is 1. The van der Waals surface area contributed by atoms with Crippen LogP contribution >= 0.6 is 0 Å². The summed E-state index contributed by atoms with van der Waals surface area (Å²) in [5.74, 6) is 0.273. The van der Waals surface area contributed by atoms with Crippen molar-refractivity contribution < 1.29 is 14.6 Å². The van der Waals surface area contributed by atoms with Gasteiger partial charge in [0.15, 0.2) is 5.78 Å². The largest absolute Gasteiger partial charge is 0.507 e. The van der Waals surface area contributed by atoms with Crippen molar-refractivity contribution in [2.45, 2.75) is 26.8 Å². The van der Waals surface area contributed by atoms with Crippen molar-refractivity contribution >= 4 is 5.78 Å². The van der Waals surface area contributed by atoms with E-state index in [2.05, 4.69) is 0 Å². The van der Waals surface area contributed by atoms with Gasteiger partial charge in [-0.25, -0.2) is 0 Å². The van der Waals surface area contributed by atoms with Crippen LogP contribution in [0.2, 0.25) is 0 Å². The number of Topliss-reactive ketones (excluding diaryl/α,β-unsaturated/α-hetero) is 1. The fourth-order valence-electron chi connectivity index (χ4n) is 1.70. The van der Waals surface area contributed by atoms with Gasteiger partial charge in [-0.2, -0.15) is 0 Å². The Hall–Kier alpha value is -1.55. The lowest BCUT2D eigenvalue weighted by atomic mass is 9.98. The minimum Gasteiger partial charge on any atom is -0.507 e. The van der Waals surface area contributed by atoms with E-state index in [0.29, 0.717) is 11.3 Å². The fourth-order valence-corrected chi connectivity index (χ4v) is 1.70. The molecule has 0 amide bonds. The number of benzene rings is 1. The van der Waals surface area contributed by atoms with Crippen LogP contribution in [0.1, 0.15) is 28.4 Å². The summed E-state index contributed by atoms with van der Waals surface area (Å²) in [7, 11) is 1.53. The molecule has 0 fully saturated rings. The van der Waals surface area contributed by atoms with Gasteiger partial charge in [-0.1, -0.05) is 0 Å². The molecule has 0 heterocycles. The maximum Gasteiger partial charge on any atom is 0.182 e. The second-order valence-corrected chi connectivity index (χ2v) is 3.90. The standard InChI is InChI=1S/C12H17NO3/c1-6-5-9(11(15)8(3)13)10(14)7(2)12(6)16-4/h5,8,14H,13H2,1-4H3. The number of nitrogens with two attached hydrogens (primary N) is 1. The Labute approximate surface area is 95.0 Å². The van der Waals surface area contributed by atoms with Gasteiger partial charge in [0.1, 0.15) is 11.5 Å². The van der Waals surface area contributed by atoms with Crippen molar-refractivity contribution in [1.29, 1.82) is 0 Å². The van der Waals surface area contributed by atoms with Gasteiger partial charge in [-0.3, -0.25) is 4.79 Å². The minimum absolute atomic E-state index is 0.0512. The first-order valence-corrected chi connectivity index (χ1v) is 5.07.